The van der Waals surface area contributed by atoms with Crippen LogP contribution in [0.4, 0.5) is 4.79 Å². The highest BCUT2D eigenvalue weighted by molar-refractivity contribution is 5.67. The topological polar surface area (TPSA) is 107 Å². The number of rotatable bonds is 4. The number of fused-ring (bicyclic) bond motifs is 1. The standard InChI is InChI=1S/C12H16O9/c1-5(13)17-4-7-8-9(21-12(15)20-8)10(18-6(2)14)11(16-3)19-7/h7-11H,4H2,1-3H3/t7-,8-,9+,10+,11+/m1/s1. The summed E-state index contributed by atoms with van der Waals surface area (Å²) in [6.45, 7) is 2.32. The Kier molecular flexibility index (Phi) is 4.63. The first kappa shape index (κ1) is 15.5. The largest absolute Gasteiger partial charge is 0.509 e. The van der Waals surface area contributed by atoms with Gasteiger partial charge in [-0.3, -0.25) is 9.59 Å². The van der Waals surface area contributed by atoms with Gasteiger partial charge in [0.15, 0.2) is 24.6 Å². The van der Waals surface area contributed by atoms with Crippen molar-refractivity contribution in [3.8, 4) is 0 Å². The Balaban J connectivity index is 2.16. The van der Waals surface area contributed by atoms with Gasteiger partial charge in [-0.25, -0.2) is 4.79 Å². The second-order valence-electron chi connectivity index (χ2n) is 4.57. The molecule has 0 unspecified atom stereocenters. The van der Waals surface area contributed by atoms with Crippen molar-refractivity contribution in [2.75, 3.05) is 13.7 Å². The maximum absolute atomic E-state index is 11.3. The molecule has 0 amide bonds. The van der Waals surface area contributed by atoms with Crippen LogP contribution in [0.2, 0.25) is 0 Å². The lowest BCUT2D eigenvalue weighted by Gasteiger charge is -2.39. The molecule has 5 atom stereocenters. The molecule has 118 valence electrons. The predicted octanol–water partition coefficient (Wildman–Crippen LogP) is -0.244. The fourth-order valence-corrected chi connectivity index (χ4v) is 2.25. The van der Waals surface area contributed by atoms with Crippen molar-refractivity contribution < 1.29 is 42.8 Å². The number of carbonyl (C=O) groups is 3. The molecule has 21 heavy (non-hydrogen) atoms. The summed E-state index contributed by atoms with van der Waals surface area (Å²) >= 11 is 0. The van der Waals surface area contributed by atoms with Crippen molar-refractivity contribution in [2.45, 2.75) is 44.6 Å². The molecule has 0 N–H and O–H groups in total. The Hall–Kier alpha value is -1.87. The van der Waals surface area contributed by atoms with E-state index in [0.29, 0.717) is 0 Å². The molecule has 0 radical (unpaired) electrons. The molecule has 0 aromatic heterocycles. The molecule has 0 bridgehead atoms. The smallest absolute Gasteiger partial charge is 0.463 e. The Bertz CT molecular complexity index is 434. The first-order valence-electron chi connectivity index (χ1n) is 6.28. The zero-order valence-electron chi connectivity index (χ0n) is 11.8. The van der Waals surface area contributed by atoms with E-state index in [1.165, 1.54) is 21.0 Å². The number of esters is 2. The van der Waals surface area contributed by atoms with Crippen molar-refractivity contribution in [2.24, 2.45) is 0 Å². The highest BCUT2D eigenvalue weighted by atomic mass is 16.8. The molecule has 2 fully saturated rings. The lowest BCUT2D eigenvalue weighted by Crippen LogP contribution is -2.59. The zero-order chi connectivity index (χ0) is 15.6. The van der Waals surface area contributed by atoms with Crippen molar-refractivity contribution in [3.63, 3.8) is 0 Å². The van der Waals surface area contributed by atoms with Crippen LogP contribution in [0.3, 0.4) is 0 Å². The van der Waals surface area contributed by atoms with E-state index in [1.807, 2.05) is 0 Å². The fraction of sp³-hybridized carbons (Fsp3) is 0.750. The van der Waals surface area contributed by atoms with Gasteiger partial charge in [0.1, 0.15) is 12.7 Å². The summed E-state index contributed by atoms with van der Waals surface area (Å²) in [7, 11) is 1.35. The van der Waals surface area contributed by atoms with Gasteiger partial charge in [0, 0.05) is 21.0 Å². The third-order valence-corrected chi connectivity index (χ3v) is 3.04. The third kappa shape index (κ3) is 3.42. The van der Waals surface area contributed by atoms with Crippen LogP contribution in [-0.2, 0) is 38.0 Å². The minimum absolute atomic E-state index is 0.139. The SMILES string of the molecule is CO[C@H]1O[C@H](COC(C)=O)[C@H]2OC(=O)O[C@@H]2[C@@H]1OC(C)=O. The van der Waals surface area contributed by atoms with Crippen LogP contribution >= 0.6 is 0 Å². The molecule has 0 aromatic rings. The van der Waals surface area contributed by atoms with Crippen LogP contribution in [0.25, 0.3) is 0 Å². The van der Waals surface area contributed by atoms with Crippen molar-refractivity contribution in [1.82, 2.24) is 0 Å². The van der Waals surface area contributed by atoms with E-state index in [9.17, 15) is 14.4 Å². The Morgan fingerprint density at radius 3 is 2.38 bits per heavy atom. The number of ether oxygens (including phenoxy) is 6. The van der Waals surface area contributed by atoms with E-state index in [0.717, 1.165) is 0 Å². The summed E-state index contributed by atoms with van der Waals surface area (Å²) in [6.07, 6.45) is -5.35. The zero-order valence-corrected chi connectivity index (χ0v) is 11.8. The number of hydrogen-bond donors (Lipinski definition) is 0. The molecule has 9 nitrogen and oxygen atoms in total. The average molecular weight is 304 g/mol. The molecule has 2 saturated heterocycles. The van der Waals surface area contributed by atoms with Gasteiger partial charge in [0.25, 0.3) is 0 Å². The molecule has 2 rings (SSSR count). The summed E-state index contributed by atoms with van der Waals surface area (Å²) in [5.74, 6) is -1.08. The normalized spacial score (nSPS) is 34.4. The van der Waals surface area contributed by atoms with Crippen molar-refractivity contribution in [1.29, 1.82) is 0 Å². The van der Waals surface area contributed by atoms with Gasteiger partial charge in [-0.15, -0.1) is 0 Å². The van der Waals surface area contributed by atoms with Gasteiger partial charge >= 0.3 is 18.1 Å². The highest BCUT2D eigenvalue weighted by Gasteiger charge is 2.56. The van der Waals surface area contributed by atoms with Gasteiger partial charge in [-0.2, -0.15) is 0 Å². The van der Waals surface area contributed by atoms with E-state index in [2.05, 4.69) is 0 Å². The van der Waals surface area contributed by atoms with E-state index >= 15 is 0 Å². The van der Waals surface area contributed by atoms with E-state index in [1.54, 1.807) is 0 Å². The molecule has 0 saturated carbocycles. The van der Waals surface area contributed by atoms with Gasteiger partial charge in [-0.05, 0) is 0 Å². The molecule has 2 heterocycles. The van der Waals surface area contributed by atoms with Gasteiger partial charge in [0.05, 0.1) is 0 Å². The van der Waals surface area contributed by atoms with Crippen molar-refractivity contribution in [3.05, 3.63) is 0 Å². The monoisotopic (exact) mass is 304 g/mol. The van der Waals surface area contributed by atoms with Gasteiger partial charge in [0.2, 0.25) is 0 Å². The minimum Gasteiger partial charge on any atom is -0.463 e. The average Bonchev–Trinajstić information content (AvgIpc) is 2.78. The maximum Gasteiger partial charge on any atom is 0.509 e. The molecular formula is C12H16O9. The Morgan fingerprint density at radius 2 is 1.81 bits per heavy atom. The van der Waals surface area contributed by atoms with Crippen LogP contribution in [-0.4, -0.2) is 62.5 Å². The highest BCUT2D eigenvalue weighted by Crippen LogP contribution is 2.33. The molecule has 2 aliphatic heterocycles. The second-order valence-corrected chi connectivity index (χ2v) is 4.57. The van der Waals surface area contributed by atoms with Crippen LogP contribution in [0.15, 0.2) is 0 Å². The molecule has 0 aliphatic carbocycles. The van der Waals surface area contributed by atoms with Crippen LogP contribution in [0.5, 0.6) is 0 Å². The van der Waals surface area contributed by atoms with E-state index in [-0.39, 0.29) is 6.61 Å². The Morgan fingerprint density at radius 1 is 1.14 bits per heavy atom. The summed E-state index contributed by atoms with van der Waals surface area (Å²) in [5, 5.41) is 0. The first-order valence-corrected chi connectivity index (χ1v) is 6.28. The molecule has 9 heteroatoms. The Labute approximate surface area is 120 Å². The lowest BCUT2D eigenvalue weighted by atomic mass is 9.99. The minimum atomic E-state index is -0.967. The number of methoxy groups -OCH3 is 1. The molecule has 0 spiro atoms. The van der Waals surface area contributed by atoms with Crippen LogP contribution in [0, 0.1) is 0 Å². The first-order chi connectivity index (χ1) is 9.92. The molecular weight excluding hydrogens is 288 g/mol. The third-order valence-electron chi connectivity index (χ3n) is 3.04. The summed E-state index contributed by atoms with van der Waals surface area (Å²) in [5.41, 5.74) is 0. The quantitative estimate of drug-likeness (QED) is 0.513. The summed E-state index contributed by atoms with van der Waals surface area (Å²) in [4.78, 5) is 33.4. The summed E-state index contributed by atoms with van der Waals surface area (Å²) in [6, 6.07) is 0. The van der Waals surface area contributed by atoms with Gasteiger partial charge in [-0.1, -0.05) is 0 Å². The molecule has 0 aromatic carbocycles. The number of carbonyl (C=O) groups excluding carboxylic acids is 3. The van der Waals surface area contributed by atoms with Gasteiger partial charge < -0.3 is 28.4 Å². The van der Waals surface area contributed by atoms with Crippen LogP contribution in [0.1, 0.15) is 13.8 Å². The number of hydrogen-bond acceptors (Lipinski definition) is 9. The van der Waals surface area contributed by atoms with Crippen LogP contribution < -0.4 is 0 Å². The predicted molar refractivity (Wildman–Crippen MR) is 63.0 cm³/mol. The summed E-state index contributed by atoms with van der Waals surface area (Å²) < 4.78 is 30.6. The maximum atomic E-state index is 11.3. The van der Waals surface area contributed by atoms with E-state index in [4.69, 9.17) is 28.4 Å². The molecule has 2 aliphatic rings. The second kappa shape index (κ2) is 6.27. The fourth-order valence-electron chi connectivity index (χ4n) is 2.25. The van der Waals surface area contributed by atoms with E-state index < -0.39 is 48.8 Å². The lowest BCUT2D eigenvalue weighted by molar-refractivity contribution is -0.279. The van der Waals surface area contributed by atoms with Crippen molar-refractivity contribution >= 4 is 18.1 Å².